The number of hydrogen-bond donors (Lipinski definition) is 5. The molecule has 200 valence electrons. The molecule has 0 aromatic carbocycles. The highest BCUT2D eigenvalue weighted by Crippen LogP contribution is 2.17. The van der Waals surface area contributed by atoms with E-state index in [0.29, 0.717) is 0 Å². The molecule has 0 amide bonds. The molecular weight excluding hydrogens is 504 g/mol. The summed E-state index contributed by atoms with van der Waals surface area (Å²) in [5.41, 5.74) is 0. The molecule has 2 atom stereocenters. The molecule has 4 heterocycles. The van der Waals surface area contributed by atoms with Gasteiger partial charge in [0, 0.05) is 59.7 Å². The van der Waals surface area contributed by atoms with Gasteiger partial charge in [-0.05, 0) is 57.9 Å². The maximum absolute atomic E-state index is 4.85. The normalized spacial score (nSPS) is 19.1. The van der Waals surface area contributed by atoms with Crippen molar-refractivity contribution in [1.82, 2.24) is 31.5 Å². The summed E-state index contributed by atoms with van der Waals surface area (Å²) < 4.78 is 0. The molecule has 0 fully saturated rings. The second-order valence-corrected chi connectivity index (χ2v) is 11.7. The van der Waals surface area contributed by atoms with Gasteiger partial charge in [0.15, 0.2) is 17.9 Å². The Kier molecular flexibility index (Phi) is 9.40. The summed E-state index contributed by atoms with van der Waals surface area (Å²) in [5, 5.41) is 16.3. The van der Waals surface area contributed by atoms with Gasteiger partial charge in [-0.15, -0.1) is 22.7 Å². The van der Waals surface area contributed by atoms with Crippen LogP contribution in [0.2, 0.25) is 0 Å². The highest BCUT2D eigenvalue weighted by Gasteiger charge is 2.22. The van der Waals surface area contributed by atoms with Crippen LogP contribution in [0.1, 0.15) is 32.9 Å². The molecule has 12 heteroatoms. The zero-order chi connectivity index (χ0) is 26.2. The molecule has 0 saturated carbocycles. The van der Waals surface area contributed by atoms with Crippen LogP contribution >= 0.6 is 22.7 Å². The predicted octanol–water partition coefficient (Wildman–Crippen LogP) is 2.23. The van der Waals surface area contributed by atoms with Crippen LogP contribution in [0.15, 0.2) is 44.2 Å². The summed E-state index contributed by atoms with van der Waals surface area (Å²) in [6, 6.07) is 8.76. The maximum atomic E-state index is 4.85. The highest BCUT2D eigenvalue weighted by molar-refractivity contribution is 7.12. The van der Waals surface area contributed by atoms with Gasteiger partial charge < -0.3 is 20.9 Å². The van der Waals surface area contributed by atoms with Gasteiger partial charge in [0.2, 0.25) is 5.96 Å². The first-order valence-corrected chi connectivity index (χ1v) is 14.4. The molecule has 2 unspecified atom stereocenters. The molecule has 2 aliphatic rings. The van der Waals surface area contributed by atoms with E-state index in [4.69, 9.17) is 15.0 Å². The van der Waals surface area contributed by atoms with Gasteiger partial charge in [-0.1, -0.05) is 0 Å². The van der Waals surface area contributed by atoms with Crippen LogP contribution in [0.25, 0.3) is 0 Å². The van der Waals surface area contributed by atoms with E-state index in [1.165, 1.54) is 19.5 Å². The molecule has 0 aliphatic carbocycles. The van der Waals surface area contributed by atoms with E-state index in [9.17, 15) is 0 Å². The van der Waals surface area contributed by atoms with Crippen molar-refractivity contribution in [2.75, 3.05) is 33.7 Å². The van der Waals surface area contributed by atoms with E-state index in [0.717, 1.165) is 62.7 Å². The summed E-state index contributed by atoms with van der Waals surface area (Å²) in [4.78, 5) is 26.6. The Hall–Kier alpha value is -3.12. The van der Waals surface area contributed by atoms with Crippen molar-refractivity contribution in [3.05, 3.63) is 43.8 Å². The summed E-state index contributed by atoms with van der Waals surface area (Å²) in [6.45, 7) is 8.70. The van der Waals surface area contributed by atoms with Crippen LogP contribution in [0.4, 0.5) is 0 Å². The second-order valence-electron chi connectivity index (χ2n) is 8.98. The third kappa shape index (κ3) is 7.93. The monoisotopic (exact) mass is 542 g/mol. The highest BCUT2D eigenvalue weighted by atomic mass is 32.1. The number of thiophene rings is 2. The maximum Gasteiger partial charge on any atom is 0.202 e. The number of rotatable bonds is 9. The van der Waals surface area contributed by atoms with Gasteiger partial charge in [-0.25, -0.2) is 20.0 Å². The van der Waals surface area contributed by atoms with Gasteiger partial charge in [0.05, 0.1) is 0 Å². The fourth-order valence-electron chi connectivity index (χ4n) is 4.08. The third-order valence-corrected chi connectivity index (χ3v) is 8.08. The van der Waals surface area contributed by atoms with Gasteiger partial charge in [-0.2, -0.15) is 0 Å². The minimum atomic E-state index is -0.194. The minimum absolute atomic E-state index is 0.140. The first-order valence-electron chi connectivity index (χ1n) is 12.7. The Morgan fingerprint density at radius 1 is 0.811 bits per heavy atom. The first kappa shape index (κ1) is 26.9. The fraction of sp³-hybridized carbons (Fsp3) is 0.520. The van der Waals surface area contributed by atoms with Crippen molar-refractivity contribution in [1.29, 1.82) is 0 Å². The molecule has 2 aromatic rings. The molecular formula is C25H38N10S2. The lowest BCUT2D eigenvalue weighted by atomic mass is 10.2. The number of aryl methyl sites for hydroxylation is 2. The standard InChI is InChI=1S/C25H38N10S2/c1-16-6-8-19(36-16)10-13-28-24-32-21(31-23(27-5)33-24)12-15-35(14-11-20-9-7-17(2)37-20)25-30-18(3)29-22(26-4)34-25/h6-9,18,21H,10-15H2,1-5H3,(H2,26,29,30,34)(H3,27,28,31,32,33). The Morgan fingerprint density at radius 3 is 2.11 bits per heavy atom. The van der Waals surface area contributed by atoms with Crippen LogP contribution in [-0.2, 0) is 12.8 Å². The van der Waals surface area contributed by atoms with Crippen molar-refractivity contribution < 1.29 is 0 Å². The van der Waals surface area contributed by atoms with Crippen LogP contribution < -0.4 is 26.6 Å². The number of guanidine groups is 4. The van der Waals surface area contributed by atoms with Gasteiger partial charge >= 0.3 is 0 Å². The van der Waals surface area contributed by atoms with E-state index in [2.05, 4.69) is 74.6 Å². The van der Waals surface area contributed by atoms with E-state index in [1.807, 2.05) is 43.7 Å². The number of hydrogen-bond acceptors (Lipinski definition) is 12. The molecule has 37 heavy (non-hydrogen) atoms. The Labute approximate surface area is 227 Å². The topological polar surface area (TPSA) is 113 Å². The van der Waals surface area contributed by atoms with Crippen LogP contribution in [0.3, 0.4) is 0 Å². The van der Waals surface area contributed by atoms with Crippen molar-refractivity contribution >= 4 is 46.5 Å². The molecule has 0 radical (unpaired) electrons. The van der Waals surface area contributed by atoms with Crippen LogP contribution in [-0.4, -0.2) is 74.8 Å². The molecule has 4 rings (SSSR count). The number of aliphatic imine (C=N–C) groups is 4. The summed E-state index contributed by atoms with van der Waals surface area (Å²) in [5.74, 6) is 3.05. The number of nitrogens with zero attached hydrogens (tertiary/aromatic N) is 5. The fourth-order valence-corrected chi connectivity index (χ4v) is 5.85. The van der Waals surface area contributed by atoms with E-state index in [1.54, 1.807) is 0 Å². The summed E-state index contributed by atoms with van der Waals surface area (Å²) >= 11 is 3.69. The smallest absolute Gasteiger partial charge is 0.202 e. The van der Waals surface area contributed by atoms with Crippen molar-refractivity contribution in [3.63, 3.8) is 0 Å². The van der Waals surface area contributed by atoms with E-state index >= 15 is 0 Å². The Bertz CT molecular complexity index is 1160. The number of nitrogens with one attached hydrogen (secondary N) is 5. The molecule has 10 nitrogen and oxygen atoms in total. The van der Waals surface area contributed by atoms with E-state index < -0.39 is 0 Å². The summed E-state index contributed by atoms with van der Waals surface area (Å²) in [6.07, 6.45) is 2.34. The van der Waals surface area contributed by atoms with Gasteiger partial charge in [0.25, 0.3) is 0 Å². The average Bonchev–Trinajstić information content (AvgIpc) is 3.50. The zero-order valence-corrected chi connectivity index (χ0v) is 23.9. The quantitative estimate of drug-likeness (QED) is 0.332. The van der Waals surface area contributed by atoms with Crippen molar-refractivity contribution in [3.8, 4) is 0 Å². The van der Waals surface area contributed by atoms with Crippen molar-refractivity contribution in [2.24, 2.45) is 20.0 Å². The Balaban J connectivity index is 1.40. The summed E-state index contributed by atoms with van der Waals surface area (Å²) in [7, 11) is 3.74. The predicted molar refractivity (Wildman–Crippen MR) is 157 cm³/mol. The molecule has 2 aromatic heterocycles. The lowest BCUT2D eigenvalue weighted by Gasteiger charge is -2.31. The van der Waals surface area contributed by atoms with Crippen LogP contribution in [0.5, 0.6) is 0 Å². The molecule has 0 bridgehead atoms. The molecule has 2 aliphatic heterocycles. The first-order chi connectivity index (χ1) is 17.9. The average molecular weight is 543 g/mol. The SMILES string of the molecule is CNC1=NC(CCN(CCc2ccc(C)s2)C2=NC(C)N=C(NC)N2)N=C(NCCc2ccc(C)s2)N1. The molecule has 5 N–H and O–H groups in total. The molecule has 0 spiro atoms. The van der Waals surface area contributed by atoms with Gasteiger partial charge in [0.1, 0.15) is 12.3 Å². The molecule has 0 saturated heterocycles. The van der Waals surface area contributed by atoms with E-state index in [-0.39, 0.29) is 12.3 Å². The largest absolute Gasteiger partial charge is 0.359 e. The second kappa shape index (κ2) is 12.9. The van der Waals surface area contributed by atoms with Crippen molar-refractivity contribution in [2.45, 2.75) is 52.4 Å². The van der Waals surface area contributed by atoms with Gasteiger partial charge in [-0.3, -0.25) is 10.6 Å². The minimum Gasteiger partial charge on any atom is -0.359 e. The third-order valence-electron chi connectivity index (χ3n) is 5.96. The Morgan fingerprint density at radius 2 is 1.46 bits per heavy atom. The zero-order valence-electron chi connectivity index (χ0n) is 22.3. The van der Waals surface area contributed by atoms with Crippen LogP contribution in [0, 0.1) is 13.8 Å². The lowest BCUT2D eigenvalue weighted by Crippen LogP contribution is -2.52. The lowest BCUT2D eigenvalue weighted by molar-refractivity contribution is 0.384.